The number of carbonyl (C=O) groups is 1. The van der Waals surface area contributed by atoms with Gasteiger partial charge in [0.25, 0.3) is 0 Å². The number of nitrogens with one attached hydrogen (secondary N) is 1. The van der Waals surface area contributed by atoms with Crippen molar-refractivity contribution < 1.29 is 22.3 Å². The lowest BCUT2D eigenvalue weighted by Gasteiger charge is -2.31. The van der Waals surface area contributed by atoms with Gasteiger partial charge in [-0.2, -0.15) is 4.31 Å². The van der Waals surface area contributed by atoms with Crippen molar-refractivity contribution in [1.82, 2.24) is 9.62 Å². The predicted molar refractivity (Wildman–Crippen MR) is 103 cm³/mol. The summed E-state index contributed by atoms with van der Waals surface area (Å²) in [7, 11) is -2.64. The molecule has 0 saturated carbocycles. The quantitative estimate of drug-likeness (QED) is 0.800. The van der Waals surface area contributed by atoms with Crippen molar-refractivity contribution in [3.8, 4) is 5.75 Å². The predicted octanol–water partition coefficient (Wildman–Crippen LogP) is 2.55. The van der Waals surface area contributed by atoms with E-state index >= 15 is 0 Å². The SMILES string of the molecule is COc1ccc(F)cc1S(=O)(=O)N1CCC[C@@H](C(=O)NCc2ccccc2)C1. The van der Waals surface area contributed by atoms with Crippen LogP contribution >= 0.6 is 0 Å². The number of piperidine rings is 1. The third kappa shape index (κ3) is 4.51. The van der Waals surface area contributed by atoms with Crippen LogP contribution in [0.5, 0.6) is 5.75 Å². The summed E-state index contributed by atoms with van der Waals surface area (Å²) in [6, 6.07) is 12.9. The first-order valence-corrected chi connectivity index (χ1v) is 10.5. The lowest BCUT2D eigenvalue weighted by Crippen LogP contribution is -2.45. The molecule has 0 unspecified atom stereocenters. The fourth-order valence-electron chi connectivity index (χ4n) is 3.30. The Labute approximate surface area is 164 Å². The Morgan fingerprint density at radius 2 is 2.00 bits per heavy atom. The van der Waals surface area contributed by atoms with Crippen molar-refractivity contribution >= 4 is 15.9 Å². The number of amides is 1. The molecule has 8 heteroatoms. The van der Waals surface area contributed by atoms with Gasteiger partial charge in [-0.25, -0.2) is 12.8 Å². The average molecular weight is 406 g/mol. The Kier molecular flexibility index (Phi) is 6.31. The molecule has 2 aromatic rings. The van der Waals surface area contributed by atoms with Crippen molar-refractivity contribution in [1.29, 1.82) is 0 Å². The molecule has 1 aliphatic heterocycles. The molecule has 1 atom stereocenters. The van der Waals surface area contributed by atoms with Crippen LogP contribution in [-0.4, -0.2) is 38.8 Å². The molecule has 1 saturated heterocycles. The molecule has 0 aliphatic carbocycles. The largest absolute Gasteiger partial charge is 0.495 e. The Morgan fingerprint density at radius 1 is 1.25 bits per heavy atom. The molecular weight excluding hydrogens is 383 g/mol. The van der Waals surface area contributed by atoms with E-state index in [0.29, 0.717) is 19.4 Å². The standard InChI is InChI=1S/C20H23FN2O4S/c1-27-18-10-9-17(21)12-19(18)28(25,26)23-11-5-8-16(14-23)20(24)22-13-15-6-3-2-4-7-15/h2-4,6-7,9-10,12,16H,5,8,11,13-14H2,1H3,(H,22,24)/t16-/m1/s1. The highest BCUT2D eigenvalue weighted by molar-refractivity contribution is 7.89. The summed E-state index contributed by atoms with van der Waals surface area (Å²) >= 11 is 0. The molecule has 1 fully saturated rings. The first-order valence-electron chi connectivity index (χ1n) is 9.07. The fourth-order valence-corrected chi connectivity index (χ4v) is 4.99. The van der Waals surface area contributed by atoms with Crippen LogP contribution in [0, 0.1) is 11.7 Å². The van der Waals surface area contributed by atoms with Gasteiger partial charge in [-0.3, -0.25) is 4.79 Å². The van der Waals surface area contributed by atoms with Gasteiger partial charge in [0.15, 0.2) is 0 Å². The Hall–Kier alpha value is -2.45. The minimum absolute atomic E-state index is 0.0582. The number of sulfonamides is 1. The second kappa shape index (κ2) is 8.70. The van der Waals surface area contributed by atoms with Crippen molar-refractivity contribution in [2.45, 2.75) is 24.3 Å². The van der Waals surface area contributed by atoms with Gasteiger partial charge in [0.1, 0.15) is 16.5 Å². The molecule has 0 bridgehead atoms. The highest BCUT2D eigenvalue weighted by Crippen LogP contribution is 2.30. The maximum absolute atomic E-state index is 13.6. The Morgan fingerprint density at radius 3 is 2.71 bits per heavy atom. The summed E-state index contributed by atoms with van der Waals surface area (Å²) in [5.41, 5.74) is 0.973. The smallest absolute Gasteiger partial charge is 0.246 e. The number of ether oxygens (including phenoxy) is 1. The first-order chi connectivity index (χ1) is 13.4. The van der Waals surface area contributed by atoms with E-state index in [2.05, 4.69) is 5.32 Å². The second-order valence-corrected chi connectivity index (χ2v) is 8.61. The van der Waals surface area contributed by atoms with E-state index < -0.39 is 21.8 Å². The molecule has 28 heavy (non-hydrogen) atoms. The summed E-state index contributed by atoms with van der Waals surface area (Å²) in [5, 5.41) is 2.87. The van der Waals surface area contributed by atoms with Crippen LogP contribution < -0.4 is 10.1 Å². The number of halogens is 1. The first kappa shape index (κ1) is 20.3. The third-order valence-electron chi connectivity index (χ3n) is 4.81. The van der Waals surface area contributed by atoms with Gasteiger partial charge < -0.3 is 10.1 Å². The van der Waals surface area contributed by atoms with E-state index in [-0.39, 0.29) is 29.6 Å². The summed E-state index contributed by atoms with van der Waals surface area (Å²) in [5.74, 6) is -1.22. The molecule has 0 radical (unpaired) electrons. The van der Waals surface area contributed by atoms with Gasteiger partial charge in [0.2, 0.25) is 15.9 Å². The molecule has 1 heterocycles. The molecule has 1 N–H and O–H groups in total. The number of benzene rings is 2. The summed E-state index contributed by atoms with van der Waals surface area (Å²) in [6.45, 7) is 0.730. The van der Waals surface area contributed by atoms with Crippen molar-refractivity contribution in [2.75, 3.05) is 20.2 Å². The topological polar surface area (TPSA) is 75.7 Å². The highest BCUT2D eigenvalue weighted by Gasteiger charge is 2.35. The summed E-state index contributed by atoms with van der Waals surface area (Å²) in [6.07, 6.45) is 1.16. The highest BCUT2D eigenvalue weighted by atomic mass is 32.2. The zero-order valence-electron chi connectivity index (χ0n) is 15.6. The number of hydrogen-bond donors (Lipinski definition) is 1. The van der Waals surface area contributed by atoms with Crippen LogP contribution in [0.4, 0.5) is 4.39 Å². The van der Waals surface area contributed by atoms with Crippen LogP contribution in [0.1, 0.15) is 18.4 Å². The maximum Gasteiger partial charge on any atom is 0.246 e. The Balaban J connectivity index is 1.72. The molecule has 1 aliphatic rings. The monoisotopic (exact) mass is 406 g/mol. The second-order valence-electron chi connectivity index (χ2n) is 6.70. The van der Waals surface area contributed by atoms with Crippen molar-refractivity contribution in [2.24, 2.45) is 5.92 Å². The summed E-state index contributed by atoms with van der Waals surface area (Å²) in [4.78, 5) is 12.3. The maximum atomic E-state index is 13.6. The van der Waals surface area contributed by atoms with Gasteiger partial charge in [0.05, 0.1) is 13.0 Å². The van der Waals surface area contributed by atoms with Crippen molar-refractivity contribution in [3.63, 3.8) is 0 Å². The normalized spacial score (nSPS) is 17.9. The van der Waals surface area contributed by atoms with Gasteiger partial charge in [-0.05, 0) is 36.6 Å². The molecule has 0 aromatic heterocycles. The van der Waals surface area contributed by atoms with E-state index in [4.69, 9.17) is 4.74 Å². The van der Waals surface area contributed by atoms with E-state index in [1.165, 1.54) is 17.5 Å². The van der Waals surface area contributed by atoms with Crippen LogP contribution in [0.15, 0.2) is 53.4 Å². The number of rotatable bonds is 6. The number of methoxy groups -OCH3 is 1. The van der Waals surface area contributed by atoms with Gasteiger partial charge in [0, 0.05) is 19.6 Å². The average Bonchev–Trinajstić information content (AvgIpc) is 2.72. The van der Waals surface area contributed by atoms with E-state index in [0.717, 1.165) is 17.7 Å². The van der Waals surface area contributed by atoms with Crippen LogP contribution in [-0.2, 0) is 21.4 Å². The zero-order chi connectivity index (χ0) is 20.1. The molecule has 150 valence electrons. The molecule has 2 aromatic carbocycles. The summed E-state index contributed by atoms with van der Waals surface area (Å²) < 4.78 is 46.0. The molecule has 6 nitrogen and oxygen atoms in total. The lowest BCUT2D eigenvalue weighted by molar-refractivity contribution is -0.126. The molecular formula is C20H23FN2O4S. The van der Waals surface area contributed by atoms with E-state index in [1.807, 2.05) is 30.3 Å². The number of nitrogens with zero attached hydrogens (tertiary/aromatic N) is 1. The fraction of sp³-hybridized carbons (Fsp3) is 0.350. The van der Waals surface area contributed by atoms with Gasteiger partial charge in [-0.15, -0.1) is 0 Å². The lowest BCUT2D eigenvalue weighted by atomic mass is 9.99. The third-order valence-corrected chi connectivity index (χ3v) is 6.69. The van der Waals surface area contributed by atoms with Crippen LogP contribution in [0.2, 0.25) is 0 Å². The minimum atomic E-state index is -3.97. The van der Waals surface area contributed by atoms with E-state index in [9.17, 15) is 17.6 Å². The van der Waals surface area contributed by atoms with Crippen LogP contribution in [0.3, 0.4) is 0 Å². The van der Waals surface area contributed by atoms with Gasteiger partial charge >= 0.3 is 0 Å². The molecule has 1 amide bonds. The minimum Gasteiger partial charge on any atom is -0.495 e. The number of carbonyl (C=O) groups excluding carboxylic acids is 1. The molecule has 0 spiro atoms. The van der Waals surface area contributed by atoms with Gasteiger partial charge in [-0.1, -0.05) is 30.3 Å². The number of hydrogen-bond acceptors (Lipinski definition) is 4. The Bertz CT molecular complexity index is 934. The van der Waals surface area contributed by atoms with Crippen molar-refractivity contribution in [3.05, 3.63) is 59.9 Å². The molecule has 3 rings (SSSR count). The van der Waals surface area contributed by atoms with E-state index in [1.54, 1.807) is 0 Å². The zero-order valence-corrected chi connectivity index (χ0v) is 16.4. The van der Waals surface area contributed by atoms with Crippen LogP contribution in [0.25, 0.3) is 0 Å².